The minimum absolute atomic E-state index is 0.000925. The van der Waals surface area contributed by atoms with Crippen molar-refractivity contribution in [2.45, 2.75) is 0 Å². The Balaban J connectivity index is 2.06. The van der Waals surface area contributed by atoms with Crippen LogP contribution < -0.4 is 4.74 Å². The summed E-state index contributed by atoms with van der Waals surface area (Å²) in [7, 11) is 1.52. The molecule has 100 valence electrons. The average molecular weight is 266 g/mol. The number of carbonyl (C=O) groups is 1. The molecule has 2 aromatic carbocycles. The van der Waals surface area contributed by atoms with Gasteiger partial charge in [0.25, 0.3) is 0 Å². The third-order valence-electron chi connectivity index (χ3n) is 2.79. The van der Waals surface area contributed by atoms with Gasteiger partial charge in [-0.05, 0) is 23.3 Å². The van der Waals surface area contributed by atoms with Crippen LogP contribution in [0.25, 0.3) is 11.1 Å². The van der Waals surface area contributed by atoms with Gasteiger partial charge in [0.05, 0.1) is 6.07 Å². The second-order valence-corrected chi connectivity index (χ2v) is 4.27. The molecule has 4 nitrogen and oxygen atoms in total. The van der Waals surface area contributed by atoms with Gasteiger partial charge in [-0.25, -0.2) is 4.79 Å². The molecule has 0 unspecified atom stereocenters. The van der Waals surface area contributed by atoms with Crippen molar-refractivity contribution in [3.8, 4) is 22.9 Å². The topological polar surface area (TPSA) is 53.3 Å². The van der Waals surface area contributed by atoms with E-state index in [1.54, 1.807) is 12.1 Å². The Bertz CT molecular complexity index is 615. The fourth-order valence-electron chi connectivity index (χ4n) is 1.70. The van der Waals surface area contributed by atoms with Crippen LogP contribution in [0.2, 0.25) is 0 Å². The summed E-state index contributed by atoms with van der Waals surface area (Å²) < 4.78 is 5.16. The number of carbonyl (C=O) groups excluding carboxylic acids is 1. The summed E-state index contributed by atoms with van der Waals surface area (Å²) in [6.07, 6.45) is -0.543. The van der Waals surface area contributed by atoms with E-state index in [1.807, 2.05) is 48.5 Å². The standard InChI is InChI=1S/C16H14N2O2/c1-18(12-11-17)16(19)20-15-9-7-14(8-10-15)13-5-3-2-4-6-13/h2-10H,12H2,1H3. The molecule has 0 heterocycles. The lowest BCUT2D eigenvalue weighted by atomic mass is 10.1. The van der Waals surface area contributed by atoms with Gasteiger partial charge in [-0.15, -0.1) is 0 Å². The molecule has 0 atom stereocenters. The summed E-state index contributed by atoms with van der Waals surface area (Å²) in [6, 6.07) is 19.1. The Morgan fingerprint density at radius 2 is 1.70 bits per heavy atom. The lowest BCUT2D eigenvalue weighted by Gasteiger charge is -2.13. The molecule has 2 rings (SSSR count). The van der Waals surface area contributed by atoms with Crippen molar-refractivity contribution in [1.29, 1.82) is 5.26 Å². The number of nitrogens with zero attached hydrogens (tertiary/aromatic N) is 2. The van der Waals surface area contributed by atoms with Crippen LogP contribution in [0.1, 0.15) is 0 Å². The van der Waals surface area contributed by atoms with E-state index in [-0.39, 0.29) is 6.54 Å². The van der Waals surface area contributed by atoms with Crippen molar-refractivity contribution < 1.29 is 9.53 Å². The second-order valence-electron chi connectivity index (χ2n) is 4.27. The zero-order chi connectivity index (χ0) is 14.4. The molecule has 0 saturated heterocycles. The Morgan fingerprint density at radius 1 is 1.10 bits per heavy atom. The predicted molar refractivity (Wildman–Crippen MR) is 76.1 cm³/mol. The Labute approximate surface area is 117 Å². The molecule has 0 aromatic heterocycles. The lowest BCUT2D eigenvalue weighted by molar-refractivity contribution is 0.168. The van der Waals surface area contributed by atoms with Crippen LogP contribution in [-0.4, -0.2) is 24.6 Å². The molecule has 0 spiro atoms. The maximum atomic E-state index is 11.6. The van der Waals surface area contributed by atoms with Gasteiger partial charge < -0.3 is 4.74 Å². The molecule has 0 radical (unpaired) electrons. The van der Waals surface area contributed by atoms with E-state index in [0.29, 0.717) is 5.75 Å². The van der Waals surface area contributed by atoms with Crippen LogP contribution >= 0.6 is 0 Å². The number of amides is 1. The van der Waals surface area contributed by atoms with Crippen molar-refractivity contribution in [1.82, 2.24) is 4.90 Å². The Kier molecular flexibility index (Phi) is 4.35. The number of benzene rings is 2. The largest absolute Gasteiger partial charge is 0.415 e. The van der Waals surface area contributed by atoms with Gasteiger partial charge in [-0.3, -0.25) is 4.90 Å². The molecule has 0 fully saturated rings. The van der Waals surface area contributed by atoms with Gasteiger partial charge in [0.1, 0.15) is 12.3 Å². The van der Waals surface area contributed by atoms with Gasteiger partial charge >= 0.3 is 6.09 Å². The van der Waals surface area contributed by atoms with Gasteiger partial charge in [0.2, 0.25) is 0 Å². The summed E-state index contributed by atoms with van der Waals surface area (Å²) in [4.78, 5) is 12.8. The summed E-state index contributed by atoms with van der Waals surface area (Å²) in [6.45, 7) is 0.000925. The van der Waals surface area contributed by atoms with Gasteiger partial charge in [-0.2, -0.15) is 5.26 Å². The Morgan fingerprint density at radius 3 is 2.30 bits per heavy atom. The summed E-state index contributed by atoms with van der Waals surface area (Å²) >= 11 is 0. The second kappa shape index (κ2) is 6.39. The summed E-state index contributed by atoms with van der Waals surface area (Å²) in [5.74, 6) is 0.458. The van der Waals surface area contributed by atoms with Crippen LogP contribution in [0.15, 0.2) is 54.6 Å². The Hall–Kier alpha value is -2.80. The first-order valence-electron chi connectivity index (χ1n) is 6.16. The highest BCUT2D eigenvalue weighted by Gasteiger charge is 2.10. The van der Waals surface area contributed by atoms with Crippen LogP contribution in [0, 0.1) is 11.3 Å². The first-order valence-corrected chi connectivity index (χ1v) is 6.16. The number of ether oxygens (including phenoxy) is 1. The molecular formula is C16H14N2O2. The molecular weight excluding hydrogens is 252 g/mol. The van der Waals surface area contributed by atoms with E-state index in [9.17, 15) is 4.79 Å². The molecule has 0 aliphatic carbocycles. The highest BCUT2D eigenvalue weighted by atomic mass is 16.6. The fraction of sp³-hybridized carbons (Fsp3) is 0.125. The SMILES string of the molecule is CN(CC#N)C(=O)Oc1ccc(-c2ccccc2)cc1. The lowest BCUT2D eigenvalue weighted by Crippen LogP contribution is -2.29. The van der Waals surface area contributed by atoms with Crippen LogP contribution in [0.5, 0.6) is 5.75 Å². The molecule has 2 aromatic rings. The van der Waals surface area contributed by atoms with Crippen LogP contribution in [0.4, 0.5) is 4.79 Å². The van der Waals surface area contributed by atoms with Crippen molar-refractivity contribution in [2.75, 3.05) is 13.6 Å². The number of hydrogen-bond donors (Lipinski definition) is 0. The zero-order valence-corrected chi connectivity index (χ0v) is 11.1. The van der Waals surface area contributed by atoms with Gasteiger partial charge in [0.15, 0.2) is 0 Å². The number of hydrogen-bond acceptors (Lipinski definition) is 3. The first-order chi connectivity index (χ1) is 9.70. The number of nitriles is 1. The quantitative estimate of drug-likeness (QED) is 0.801. The average Bonchev–Trinajstić information content (AvgIpc) is 2.49. The van der Waals surface area contributed by atoms with E-state index in [1.165, 1.54) is 11.9 Å². The van der Waals surface area contributed by atoms with E-state index in [2.05, 4.69) is 0 Å². The van der Waals surface area contributed by atoms with Crippen molar-refractivity contribution >= 4 is 6.09 Å². The van der Waals surface area contributed by atoms with Crippen molar-refractivity contribution in [3.05, 3.63) is 54.6 Å². The maximum Gasteiger partial charge on any atom is 0.415 e. The van der Waals surface area contributed by atoms with E-state index < -0.39 is 6.09 Å². The molecule has 0 bridgehead atoms. The molecule has 1 amide bonds. The van der Waals surface area contributed by atoms with E-state index in [4.69, 9.17) is 10.00 Å². The highest BCUT2D eigenvalue weighted by Crippen LogP contribution is 2.22. The first kappa shape index (κ1) is 13.6. The molecule has 0 aliphatic heterocycles. The summed E-state index contributed by atoms with van der Waals surface area (Å²) in [5.41, 5.74) is 2.16. The van der Waals surface area contributed by atoms with Gasteiger partial charge in [0, 0.05) is 7.05 Å². The van der Waals surface area contributed by atoms with Crippen LogP contribution in [-0.2, 0) is 0 Å². The fourth-order valence-corrected chi connectivity index (χ4v) is 1.70. The number of rotatable bonds is 3. The highest BCUT2D eigenvalue weighted by molar-refractivity contribution is 5.71. The predicted octanol–water partition coefficient (Wildman–Crippen LogP) is 3.31. The van der Waals surface area contributed by atoms with E-state index in [0.717, 1.165) is 11.1 Å². The minimum atomic E-state index is -0.543. The summed E-state index contributed by atoms with van der Waals surface area (Å²) in [5, 5.41) is 8.51. The zero-order valence-electron chi connectivity index (χ0n) is 11.1. The third kappa shape index (κ3) is 3.36. The molecule has 20 heavy (non-hydrogen) atoms. The monoisotopic (exact) mass is 266 g/mol. The molecule has 0 aliphatic rings. The molecule has 4 heteroatoms. The van der Waals surface area contributed by atoms with E-state index >= 15 is 0 Å². The van der Waals surface area contributed by atoms with Gasteiger partial charge in [-0.1, -0.05) is 42.5 Å². The van der Waals surface area contributed by atoms with Crippen LogP contribution in [0.3, 0.4) is 0 Å². The molecule has 0 saturated carbocycles. The van der Waals surface area contributed by atoms with Crippen molar-refractivity contribution in [3.63, 3.8) is 0 Å². The normalized spacial score (nSPS) is 9.60. The maximum absolute atomic E-state index is 11.6. The third-order valence-corrected chi connectivity index (χ3v) is 2.79. The van der Waals surface area contributed by atoms with Crippen molar-refractivity contribution in [2.24, 2.45) is 0 Å². The smallest absolute Gasteiger partial charge is 0.410 e. The minimum Gasteiger partial charge on any atom is -0.410 e. The molecule has 0 N–H and O–H groups in total.